The third-order valence-corrected chi connectivity index (χ3v) is 4.99. The molecule has 0 unspecified atom stereocenters. The van der Waals surface area contributed by atoms with Gasteiger partial charge >= 0.3 is 0 Å². The van der Waals surface area contributed by atoms with E-state index in [1.807, 2.05) is 0 Å². The number of likely N-dealkylation sites (tertiary alicyclic amines) is 1. The van der Waals surface area contributed by atoms with Crippen LogP contribution in [0.3, 0.4) is 0 Å². The molecule has 3 N–H and O–H groups in total. The van der Waals surface area contributed by atoms with Gasteiger partial charge in [-0.2, -0.15) is 0 Å². The van der Waals surface area contributed by atoms with Crippen LogP contribution < -0.4 is 15.4 Å². The average molecular weight is 444 g/mol. The van der Waals surface area contributed by atoms with Crippen molar-refractivity contribution in [2.45, 2.75) is 12.8 Å². The maximum atomic E-state index is 12.6. The number of rotatable bonds is 11. The Balaban J connectivity index is 1.53. The number of amides is 3. The van der Waals surface area contributed by atoms with Gasteiger partial charge in [-0.25, -0.2) is 0 Å². The first-order chi connectivity index (χ1) is 15.6. The van der Waals surface area contributed by atoms with E-state index < -0.39 is 0 Å². The molecule has 0 bridgehead atoms. The summed E-state index contributed by atoms with van der Waals surface area (Å²) in [6, 6.07) is 6.62. The number of carbonyl (C=O) groups excluding carboxylic acids is 3. The number of aliphatic hydroxyl groups is 1. The summed E-state index contributed by atoms with van der Waals surface area (Å²) in [5, 5.41) is 14.6. The zero-order valence-electron chi connectivity index (χ0n) is 17.8. The molecule has 1 aliphatic rings. The first-order valence-electron chi connectivity index (χ1n) is 10.6. The normalized spacial score (nSPS) is 13.2. The molecule has 0 aliphatic carbocycles. The Morgan fingerprint density at radius 3 is 2.69 bits per heavy atom. The first kappa shape index (κ1) is 23.4. The maximum Gasteiger partial charge on any atom is 0.258 e. The van der Waals surface area contributed by atoms with Gasteiger partial charge in [0.2, 0.25) is 5.91 Å². The van der Waals surface area contributed by atoms with Crippen LogP contribution in [0.15, 0.2) is 30.5 Å². The number of nitrogens with zero attached hydrogens (tertiary/aromatic N) is 2. The van der Waals surface area contributed by atoms with Gasteiger partial charge in [0, 0.05) is 37.3 Å². The summed E-state index contributed by atoms with van der Waals surface area (Å²) >= 11 is 0. The van der Waals surface area contributed by atoms with Crippen molar-refractivity contribution in [3.63, 3.8) is 0 Å². The maximum absolute atomic E-state index is 12.6. The van der Waals surface area contributed by atoms with Crippen molar-refractivity contribution >= 4 is 28.6 Å². The predicted molar refractivity (Wildman–Crippen MR) is 116 cm³/mol. The van der Waals surface area contributed by atoms with Crippen LogP contribution in [0.5, 0.6) is 5.75 Å². The number of pyridine rings is 1. The first-order valence-corrected chi connectivity index (χ1v) is 10.6. The Kier molecular flexibility index (Phi) is 8.76. The standard InChI is InChI=1S/C22H28N4O6/c27-10-12-31-11-7-24-20(28)15-32-16-3-4-17-18(5-6-23-19(17)13-16)22(30)25-14-21(29)26-8-1-2-9-26/h3-6,13,27H,1-2,7-12,14-15H2,(H,24,28)(H,25,30). The number of hydrogen-bond acceptors (Lipinski definition) is 7. The Hall–Kier alpha value is -3.24. The van der Waals surface area contributed by atoms with Crippen molar-refractivity contribution < 1.29 is 29.0 Å². The summed E-state index contributed by atoms with van der Waals surface area (Å²) in [6.45, 7) is 2.06. The fourth-order valence-corrected chi connectivity index (χ4v) is 3.37. The number of carbonyl (C=O) groups is 3. The van der Waals surface area contributed by atoms with E-state index in [0.29, 0.717) is 35.4 Å². The van der Waals surface area contributed by atoms with Gasteiger partial charge in [-0.3, -0.25) is 19.4 Å². The van der Waals surface area contributed by atoms with E-state index in [9.17, 15) is 14.4 Å². The van der Waals surface area contributed by atoms with Gasteiger partial charge in [0.15, 0.2) is 6.61 Å². The van der Waals surface area contributed by atoms with Crippen molar-refractivity contribution in [3.8, 4) is 5.75 Å². The molecular weight excluding hydrogens is 416 g/mol. The van der Waals surface area contributed by atoms with Crippen LogP contribution in [0.1, 0.15) is 23.2 Å². The van der Waals surface area contributed by atoms with Gasteiger partial charge in [0.05, 0.1) is 37.4 Å². The van der Waals surface area contributed by atoms with Crippen molar-refractivity contribution in [2.75, 3.05) is 52.6 Å². The molecule has 32 heavy (non-hydrogen) atoms. The highest BCUT2D eigenvalue weighted by atomic mass is 16.5. The third-order valence-electron chi connectivity index (χ3n) is 4.99. The van der Waals surface area contributed by atoms with Gasteiger partial charge in [-0.1, -0.05) is 0 Å². The lowest BCUT2D eigenvalue weighted by atomic mass is 10.1. The summed E-state index contributed by atoms with van der Waals surface area (Å²) in [5.41, 5.74) is 0.954. The number of ether oxygens (including phenoxy) is 2. The summed E-state index contributed by atoms with van der Waals surface area (Å²) in [7, 11) is 0. The van der Waals surface area contributed by atoms with Gasteiger partial charge in [-0.05, 0) is 31.0 Å². The lowest BCUT2D eigenvalue weighted by molar-refractivity contribution is -0.129. The van der Waals surface area contributed by atoms with Crippen molar-refractivity contribution in [1.29, 1.82) is 0 Å². The minimum atomic E-state index is -0.346. The SMILES string of the molecule is O=C(COc1ccc2c(C(=O)NCC(=O)N3CCCC3)ccnc2c1)NCCOCCO. The monoisotopic (exact) mass is 444 g/mol. The van der Waals surface area contributed by atoms with E-state index >= 15 is 0 Å². The Bertz CT molecular complexity index is 945. The molecule has 2 aromatic rings. The Morgan fingerprint density at radius 1 is 1.09 bits per heavy atom. The molecule has 172 valence electrons. The van der Waals surface area contributed by atoms with Gasteiger partial charge < -0.3 is 30.1 Å². The van der Waals surface area contributed by atoms with Gasteiger partial charge in [-0.15, -0.1) is 0 Å². The van der Waals surface area contributed by atoms with E-state index in [1.165, 1.54) is 6.20 Å². The second-order valence-corrected chi connectivity index (χ2v) is 7.28. The molecule has 1 saturated heterocycles. The molecule has 1 fully saturated rings. The van der Waals surface area contributed by atoms with Crippen molar-refractivity contribution in [2.24, 2.45) is 0 Å². The molecule has 0 saturated carbocycles. The third kappa shape index (κ3) is 6.63. The molecule has 3 rings (SSSR count). The molecule has 1 aromatic carbocycles. The Labute approximate surface area is 185 Å². The lowest BCUT2D eigenvalue weighted by Crippen LogP contribution is -2.38. The van der Waals surface area contributed by atoms with Crippen LogP contribution >= 0.6 is 0 Å². The van der Waals surface area contributed by atoms with Crippen LogP contribution in [-0.4, -0.2) is 85.3 Å². The molecule has 10 heteroatoms. The lowest BCUT2D eigenvalue weighted by Gasteiger charge is -2.15. The average Bonchev–Trinajstić information content (AvgIpc) is 3.35. The molecular formula is C22H28N4O6. The number of hydrogen-bond donors (Lipinski definition) is 3. The molecule has 0 radical (unpaired) electrons. The quantitative estimate of drug-likeness (QED) is 0.419. The molecule has 10 nitrogen and oxygen atoms in total. The summed E-state index contributed by atoms with van der Waals surface area (Å²) < 4.78 is 10.6. The number of benzene rings is 1. The van der Waals surface area contributed by atoms with Crippen LogP contribution in [-0.2, 0) is 14.3 Å². The highest BCUT2D eigenvalue weighted by molar-refractivity contribution is 6.07. The molecule has 2 heterocycles. The zero-order chi connectivity index (χ0) is 22.8. The molecule has 1 aromatic heterocycles. The second-order valence-electron chi connectivity index (χ2n) is 7.28. The number of fused-ring (bicyclic) bond motifs is 1. The Morgan fingerprint density at radius 2 is 1.91 bits per heavy atom. The molecule has 3 amide bonds. The van der Waals surface area contributed by atoms with E-state index in [2.05, 4.69) is 15.6 Å². The van der Waals surface area contributed by atoms with Crippen LogP contribution in [0.4, 0.5) is 0 Å². The number of nitrogens with one attached hydrogen (secondary N) is 2. The van der Waals surface area contributed by atoms with Crippen molar-refractivity contribution in [3.05, 3.63) is 36.0 Å². The predicted octanol–water partition coefficient (Wildman–Crippen LogP) is 0.0909. The minimum absolute atomic E-state index is 0.0377. The summed E-state index contributed by atoms with van der Waals surface area (Å²) in [6.07, 6.45) is 3.52. The van der Waals surface area contributed by atoms with Crippen LogP contribution in [0, 0.1) is 0 Å². The van der Waals surface area contributed by atoms with E-state index in [-0.39, 0.29) is 44.1 Å². The summed E-state index contributed by atoms with van der Waals surface area (Å²) in [4.78, 5) is 42.7. The highest BCUT2D eigenvalue weighted by Crippen LogP contribution is 2.22. The fraction of sp³-hybridized carbons (Fsp3) is 0.455. The number of aliphatic hydroxyl groups excluding tert-OH is 1. The van der Waals surface area contributed by atoms with E-state index in [4.69, 9.17) is 14.6 Å². The summed E-state index contributed by atoms with van der Waals surface area (Å²) in [5.74, 6) is -0.288. The van der Waals surface area contributed by atoms with Crippen molar-refractivity contribution in [1.82, 2.24) is 20.5 Å². The molecule has 0 atom stereocenters. The smallest absolute Gasteiger partial charge is 0.258 e. The number of aromatic nitrogens is 1. The van der Waals surface area contributed by atoms with Gasteiger partial charge in [0.25, 0.3) is 11.8 Å². The largest absolute Gasteiger partial charge is 0.484 e. The van der Waals surface area contributed by atoms with Crippen LogP contribution in [0.2, 0.25) is 0 Å². The van der Waals surface area contributed by atoms with E-state index in [0.717, 1.165) is 25.9 Å². The molecule has 1 aliphatic heterocycles. The fourth-order valence-electron chi connectivity index (χ4n) is 3.37. The topological polar surface area (TPSA) is 130 Å². The highest BCUT2D eigenvalue weighted by Gasteiger charge is 2.19. The van der Waals surface area contributed by atoms with E-state index in [1.54, 1.807) is 29.2 Å². The van der Waals surface area contributed by atoms with Crippen LogP contribution in [0.25, 0.3) is 10.9 Å². The zero-order valence-corrected chi connectivity index (χ0v) is 17.8. The molecule has 0 spiro atoms. The minimum Gasteiger partial charge on any atom is -0.484 e. The second kappa shape index (κ2) is 12.0. The van der Waals surface area contributed by atoms with Gasteiger partial charge in [0.1, 0.15) is 5.75 Å².